The third-order valence-electron chi connectivity index (χ3n) is 2.90. The first-order valence-corrected chi connectivity index (χ1v) is 6.08. The van der Waals surface area contributed by atoms with E-state index in [9.17, 15) is 22.3 Å². The van der Waals surface area contributed by atoms with Crippen molar-refractivity contribution in [3.8, 4) is 0 Å². The number of benzene rings is 2. The van der Waals surface area contributed by atoms with Gasteiger partial charge in [-0.05, 0) is 0 Å². The molecule has 0 aromatic heterocycles. The van der Waals surface area contributed by atoms with Crippen LogP contribution in [0.5, 0.6) is 0 Å². The number of aliphatic imine (C=N–C) groups is 1. The predicted molar refractivity (Wildman–Crippen MR) is 70.3 cm³/mol. The molecule has 3 nitrogen and oxygen atoms in total. The molecule has 0 aliphatic heterocycles. The van der Waals surface area contributed by atoms with Crippen molar-refractivity contribution in [2.45, 2.75) is 5.79 Å². The molecule has 0 unspecified atom stereocenters. The van der Waals surface area contributed by atoms with Gasteiger partial charge >= 0.3 is 5.79 Å². The third kappa shape index (κ3) is 2.97. The molecule has 0 atom stereocenters. The Morgan fingerprint density at radius 2 is 1.23 bits per heavy atom. The van der Waals surface area contributed by atoms with Crippen molar-refractivity contribution in [2.24, 2.45) is 4.99 Å². The van der Waals surface area contributed by atoms with E-state index in [-0.39, 0.29) is 5.56 Å². The standard InChI is InChI=1S/C14H10F5N3/c15-13(11-7-3-1-4-8-11)20-14(21(16)17,22(18)19)12-9-5-2-6-10-12/h1-10H. The zero-order valence-corrected chi connectivity index (χ0v) is 11.0. The summed E-state index contributed by atoms with van der Waals surface area (Å²) < 4.78 is 66.9. The first-order valence-electron chi connectivity index (χ1n) is 6.08. The molecule has 116 valence electrons. The summed E-state index contributed by atoms with van der Waals surface area (Å²) in [4.78, 5) is 2.95. The van der Waals surface area contributed by atoms with Crippen LogP contribution in [0.2, 0.25) is 0 Å². The van der Waals surface area contributed by atoms with Crippen LogP contribution in [0, 0.1) is 0 Å². The Morgan fingerprint density at radius 1 is 0.773 bits per heavy atom. The van der Waals surface area contributed by atoms with Crippen LogP contribution in [-0.4, -0.2) is 16.7 Å². The van der Waals surface area contributed by atoms with Gasteiger partial charge < -0.3 is 0 Å². The fraction of sp³-hybridized carbons (Fsp3) is 0.0714. The number of nitrogens with zero attached hydrogens (tertiary/aromatic N) is 3. The number of hydrogen-bond donors (Lipinski definition) is 0. The smallest absolute Gasteiger partial charge is 0.205 e. The van der Waals surface area contributed by atoms with Gasteiger partial charge in [0.25, 0.3) is 0 Å². The van der Waals surface area contributed by atoms with Gasteiger partial charge in [0.15, 0.2) is 0 Å². The van der Waals surface area contributed by atoms with Crippen molar-refractivity contribution in [2.75, 3.05) is 0 Å². The Labute approximate surface area is 122 Å². The molecule has 2 aromatic rings. The topological polar surface area (TPSA) is 18.8 Å². The van der Waals surface area contributed by atoms with Crippen LogP contribution in [0.4, 0.5) is 22.3 Å². The van der Waals surface area contributed by atoms with E-state index in [4.69, 9.17) is 0 Å². The van der Waals surface area contributed by atoms with Crippen molar-refractivity contribution >= 4 is 5.97 Å². The zero-order valence-electron chi connectivity index (χ0n) is 11.0. The predicted octanol–water partition coefficient (Wildman–Crippen LogP) is 4.36. The van der Waals surface area contributed by atoms with Crippen molar-refractivity contribution < 1.29 is 22.3 Å². The van der Waals surface area contributed by atoms with E-state index in [0.29, 0.717) is 0 Å². The molecule has 0 aliphatic rings. The van der Waals surface area contributed by atoms with Gasteiger partial charge in [-0.3, -0.25) is 0 Å². The molecule has 2 rings (SSSR count). The van der Waals surface area contributed by atoms with Crippen molar-refractivity contribution in [1.82, 2.24) is 10.7 Å². The van der Waals surface area contributed by atoms with Crippen LogP contribution in [-0.2, 0) is 5.79 Å². The van der Waals surface area contributed by atoms with Crippen LogP contribution in [0.3, 0.4) is 0 Å². The summed E-state index contributed by atoms with van der Waals surface area (Å²) in [5, 5.41) is -3.68. The molecule has 0 radical (unpaired) electrons. The summed E-state index contributed by atoms with van der Waals surface area (Å²) in [7, 11) is 0. The molecular weight excluding hydrogens is 305 g/mol. The van der Waals surface area contributed by atoms with Crippen molar-refractivity contribution in [3.05, 3.63) is 71.8 Å². The lowest BCUT2D eigenvalue weighted by atomic mass is 10.1. The molecule has 0 spiro atoms. The fourth-order valence-corrected chi connectivity index (χ4v) is 1.83. The minimum atomic E-state index is -3.57. The highest BCUT2D eigenvalue weighted by atomic mass is 19.4. The van der Waals surface area contributed by atoms with E-state index in [2.05, 4.69) is 4.99 Å². The number of halogens is 5. The van der Waals surface area contributed by atoms with Gasteiger partial charge in [-0.1, -0.05) is 78.6 Å². The maximum Gasteiger partial charge on any atom is 0.313 e. The summed E-state index contributed by atoms with van der Waals surface area (Å²) in [6.07, 6.45) is 0. The van der Waals surface area contributed by atoms with E-state index in [1.807, 2.05) is 0 Å². The first kappa shape index (κ1) is 16.1. The summed E-state index contributed by atoms with van der Waals surface area (Å²) in [5.74, 6) is -5.01. The van der Waals surface area contributed by atoms with Gasteiger partial charge in [0.1, 0.15) is 0 Å². The first-order chi connectivity index (χ1) is 10.5. The molecule has 0 fully saturated rings. The number of hydrogen-bond acceptors (Lipinski definition) is 3. The molecule has 8 heteroatoms. The van der Waals surface area contributed by atoms with E-state index in [1.54, 1.807) is 6.07 Å². The SMILES string of the molecule is FC(=NC(c1ccccc1)(N(F)F)N(F)F)c1ccccc1. The maximum atomic E-state index is 14.1. The highest BCUT2D eigenvalue weighted by Gasteiger charge is 2.50. The summed E-state index contributed by atoms with van der Waals surface area (Å²) in [6.45, 7) is 0. The van der Waals surface area contributed by atoms with Crippen LogP contribution in [0.15, 0.2) is 65.7 Å². The molecule has 2 aromatic carbocycles. The summed E-state index contributed by atoms with van der Waals surface area (Å²) in [6, 6.07) is 12.9. The van der Waals surface area contributed by atoms with Crippen molar-refractivity contribution in [1.29, 1.82) is 0 Å². The van der Waals surface area contributed by atoms with E-state index in [1.165, 1.54) is 42.5 Å². The van der Waals surface area contributed by atoms with Gasteiger partial charge in [-0.25, -0.2) is 4.99 Å². The second kappa shape index (κ2) is 6.63. The van der Waals surface area contributed by atoms with Crippen molar-refractivity contribution in [3.63, 3.8) is 0 Å². The minimum Gasteiger partial charge on any atom is -0.205 e. The Balaban J connectivity index is 2.59. The lowest BCUT2D eigenvalue weighted by Crippen LogP contribution is -2.44. The van der Waals surface area contributed by atoms with E-state index >= 15 is 0 Å². The Kier molecular flexibility index (Phi) is 4.84. The van der Waals surface area contributed by atoms with E-state index < -0.39 is 28.0 Å². The third-order valence-corrected chi connectivity index (χ3v) is 2.90. The molecule has 0 heterocycles. The van der Waals surface area contributed by atoms with Gasteiger partial charge in [0.05, 0.1) is 10.7 Å². The number of rotatable bonds is 5. The molecule has 0 aliphatic carbocycles. The van der Waals surface area contributed by atoms with Crippen LogP contribution < -0.4 is 0 Å². The highest BCUT2D eigenvalue weighted by Crippen LogP contribution is 2.36. The summed E-state index contributed by atoms with van der Waals surface area (Å²) >= 11 is 0. The summed E-state index contributed by atoms with van der Waals surface area (Å²) in [5.41, 5.74) is -0.775. The van der Waals surface area contributed by atoms with Crippen LogP contribution in [0.25, 0.3) is 0 Å². The zero-order chi connectivity index (χ0) is 16.2. The Bertz CT molecular complexity index is 623. The van der Waals surface area contributed by atoms with Gasteiger partial charge in [-0.2, -0.15) is 4.39 Å². The maximum absolute atomic E-state index is 14.1. The average Bonchev–Trinajstić information content (AvgIpc) is 2.53. The van der Waals surface area contributed by atoms with Gasteiger partial charge in [0, 0.05) is 11.1 Å². The molecule has 0 N–H and O–H groups in total. The fourth-order valence-electron chi connectivity index (χ4n) is 1.83. The van der Waals surface area contributed by atoms with Crippen LogP contribution >= 0.6 is 0 Å². The molecule has 22 heavy (non-hydrogen) atoms. The second-order valence-electron chi connectivity index (χ2n) is 4.24. The molecular formula is C14H10F5N3. The monoisotopic (exact) mass is 315 g/mol. The molecule has 0 saturated carbocycles. The van der Waals surface area contributed by atoms with E-state index in [0.717, 1.165) is 12.1 Å². The average molecular weight is 315 g/mol. The lowest BCUT2D eigenvalue weighted by molar-refractivity contribution is -0.376. The Hall–Kier alpha value is -2.32. The second-order valence-corrected chi connectivity index (χ2v) is 4.24. The van der Waals surface area contributed by atoms with Crippen LogP contribution in [0.1, 0.15) is 11.1 Å². The Morgan fingerprint density at radius 3 is 1.68 bits per heavy atom. The normalized spacial score (nSPS) is 13.0. The quantitative estimate of drug-likeness (QED) is 0.353. The highest BCUT2D eigenvalue weighted by molar-refractivity contribution is 5.93. The molecule has 0 amide bonds. The molecule has 0 bridgehead atoms. The molecule has 0 saturated heterocycles. The van der Waals surface area contributed by atoms with Gasteiger partial charge in [-0.15, -0.1) is 0 Å². The largest absolute Gasteiger partial charge is 0.313 e. The lowest BCUT2D eigenvalue weighted by Gasteiger charge is -2.28. The minimum absolute atomic E-state index is 0.188. The van der Waals surface area contributed by atoms with Gasteiger partial charge in [0.2, 0.25) is 5.97 Å².